The second-order valence-corrected chi connectivity index (χ2v) is 8.79. The number of amides is 3. The third-order valence-corrected chi connectivity index (χ3v) is 6.64. The van der Waals surface area contributed by atoms with Gasteiger partial charge in [-0.05, 0) is 53.6 Å². The zero-order chi connectivity index (χ0) is 22.7. The van der Waals surface area contributed by atoms with E-state index in [9.17, 15) is 14.4 Å². The van der Waals surface area contributed by atoms with Crippen molar-refractivity contribution in [1.29, 1.82) is 0 Å². The van der Waals surface area contributed by atoms with E-state index >= 15 is 0 Å². The number of aryl methyl sites for hydroxylation is 1. The van der Waals surface area contributed by atoms with Gasteiger partial charge in [0.1, 0.15) is 0 Å². The van der Waals surface area contributed by atoms with Crippen molar-refractivity contribution in [3.63, 3.8) is 0 Å². The first-order chi connectivity index (χ1) is 15.4. The van der Waals surface area contributed by atoms with Crippen molar-refractivity contribution < 1.29 is 23.9 Å². The molecule has 1 saturated heterocycles. The molecule has 1 fully saturated rings. The second kappa shape index (κ2) is 9.85. The SMILES string of the molecule is O=C(CCc1cccc(Cl)c1Cl)NCCN1C(=O)S/C(=C\c2ccc3c(c2)OCO3)C1=O. The molecular weight excluding hydrogens is 475 g/mol. The number of hydrogen-bond donors (Lipinski definition) is 1. The van der Waals surface area contributed by atoms with Gasteiger partial charge in [0, 0.05) is 19.5 Å². The minimum Gasteiger partial charge on any atom is -0.454 e. The van der Waals surface area contributed by atoms with Crippen LogP contribution in [-0.4, -0.2) is 41.8 Å². The number of imide groups is 1. The van der Waals surface area contributed by atoms with Crippen molar-refractivity contribution in [2.45, 2.75) is 12.8 Å². The number of benzene rings is 2. The van der Waals surface area contributed by atoms with E-state index in [1.165, 1.54) is 0 Å². The van der Waals surface area contributed by atoms with Crippen molar-refractivity contribution in [2.75, 3.05) is 19.9 Å². The Morgan fingerprint density at radius 1 is 1.16 bits per heavy atom. The number of hydrogen-bond acceptors (Lipinski definition) is 6. The van der Waals surface area contributed by atoms with E-state index in [-0.39, 0.29) is 37.4 Å². The van der Waals surface area contributed by atoms with Gasteiger partial charge >= 0.3 is 0 Å². The normalized spacial score (nSPS) is 16.2. The largest absolute Gasteiger partial charge is 0.454 e. The van der Waals surface area contributed by atoms with Crippen molar-refractivity contribution in [3.05, 3.63) is 62.5 Å². The standard InChI is InChI=1S/C22H18Cl2N2O5S/c23-15-3-1-2-14(20(15)24)5-7-19(27)25-8-9-26-21(28)18(32-22(26)29)11-13-4-6-16-17(10-13)31-12-30-16/h1-4,6,10-11H,5,7-9,12H2,(H,25,27)/b18-11-. The van der Waals surface area contributed by atoms with Crippen LogP contribution in [-0.2, 0) is 16.0 Å². The Bertz CT molecular complexity index is 1120. The second-order valence-electron chi connectivity index (χ2n) is 7.01. The van der Waals surface area contributed by atoms with Gasteiger partial charge in [0.15, 0.2) is 11.5 Å². The van der Waals surface area contributed by atoms with Crippen molar-refractivity contribution in [3.8, 4) is 11.5 Å². The molecule has 0 bridgehead atoms. The number of nitrogens with one attached hydrogen (secondary N) is 1. The Labute approximate surface area is 198 Å². The van der Waals surface area contributed by atoms with Crippen LogP contribution in [0.4, 0.5) is 4.79 Å². The van der Waals surface area contributed by atoms with E-state index < -0.39 is 5.91 Å². The smallest absolute Gasteiger partial charge is 0.293 e. The van der Waals surface area contributed by atoms with E-state index in [4.69, 9.17) is 32.7 Å². The number of carbonyl (C=O) groups is 3. The molecule has 0 spiro atoms. The van der Waals surface area contributed by atoms with Crippen molar-refractivity contribution in [2.24, 2.45) is 0 Å². The zero-order valence-electron chi connectivity index (χ0n) is 16.7. The molecule has 2 aliphatic heterocycles. The maximum absolute atomic E-state index is 12.6. The fraction of sp³-hybridized carbons (Fsp3) is 0.227. The van der Waals surface area contributed by atoms with Crippen molar-refractivity contribution >= 4 is 58.1 Å². The zero-order valence-corrected chi connectivity index (χ0v) is 19.1. The van der Waals surface area contributed by atoms with Gasteiger partial charge in [0.25, 0.3) is 11.1 Å². The summed E-state index contributed by atoms with van der Waals surface area (Å²) in [5, 5.41) is 3.24. The summed E-state index contributed by atoms with van der Waals surface area (Å²) in [4.78, 5) is 38.5. The summed E-state index contributed by atoms with van der Waals surface area (Å²) in [6.45, 7) is 0.414. The topological polar surface area (TPSA) is 84.9 Å². The van der Waals surface area contributed by atoms with Gasteiger partial charge in [0.05, 0.1) is 15.0 Å². The summed E-state index contributed by atoms with van der Waals surface area (Å²) < 4.78 is 10.6. The molecule has 2 aliphatic rings. The minimum absolute atomic E-state index is 0.0901. The third-order valence-electron chi connectivity index (χ3n) is 4.88. The highest BCUT2D eigenvalue weighted by Gasteiger charge is 2.34. The van der Waals surface area contributed by atoms with Gasteiger partial charge in [-0.3, -0.25) is 19.3 Å². The van der Waals surface area contributed by atoms with Gasteiger partial charge < -0.3 is 14.8 Å². The van der Waals surface area contributed by atoms with E-state index in [0.717, 1.165) is 27.8 Å². The molecule has 4 rings (SSSR count). The molecule has 1 N–H and O–H groups in total. The van der Waals surface area contributed by atoms with Gasteiger partial charge in [-0.1, -0.05) is 41.4 Å². The van der Waals surface area contributed by atoms with Crippen LogP contribution in [0.3, 0.4) is 0 Å². The predicted molar refractivity (Wildman–Crippen MR) is 123 cm³/mol. The number of ether oxygens (including phenoxy) is 2. The summed E-state index contributed by atoms with van der Waals surface area (Å²) in [7, 11) is 0. The quantitative estimate of drug-likeness (QED) is 0.572. The van der Waals surface area contributed by atoms with Crippen LogP contribution in [0.25, 0.3) is 6.08 Å². The maximum Gasteiger partial charge on any atom is 0.293 e. The summed E-state index contributed by atoms with van der Waals surface area (Å²) in [6.07, 6.45) is 2.29. The Morgan fingerprint density at radius 3 is 2.81 bits per heavy atom. The molecule has 0 aromatic heterocycles. The van der Waals surface area contributed by atoms with Crippen LogP contribution >= 0.6 is 35.0 Å². The molecule has 0 unspecified atom stereocenters. The van der Waals surface area contributed by atoms with Gasteiger partial charge in [0.2, 0.25) is 12.7 Å². The molecule has 2 aromatic rings. The van der Waals surface area contributed by atoms with Gasteiger partial charge in [-0.25, -0.2) is 0 Å². The molecule has 0 radical (unpaired) electrons. The van der Waals surface area contributed by atoms with E-state index in [2.05, 4.69) is 5.32 Å². The molecule has 3 amide bonds. The molecule has 32 heavy (non-hydrogen) atoms. The summed E-state index contributed by atoms with van der Waals surface area (Å²) in [5.41, 5.74) is 1.52. The number of halogens is 2. The van der Waals surface area contributed by atoms with Crippen molar-refractivity contribution in [1.82, 2.24) is 10.2 Å². The van der Waals surface area contributed by atoms with Gasteiger partial charge in [-0.2, -0.15) is 0 Å². The highest BCUT2D eigenvalue weighted by molar-refractivity contribution is 8.18. The number of rotatable bonds is 7. The molecular formula is C22H18Cl2N2O5S. The van der Waals surface area contributed by atoms with Crippen LogP contribution in [0.1, 0.15) is 17.5 Å². The van der Waals surface area contributed by atoms with E-state index in [0.29, 0.717) is 32.9 Å². The maximum atomic E-state index is 12.6. The number of nitrogens with zero attached hydrogens (tertiary/aromatic N) is 1. The number of thioether (sulfide) groups is 1. The van der Waals surface area contributed by atoms with Crippen LogP contribution < -0.4 is 14.8 Å². The lowest BCUT2D eigenvalue weighted by Gasteiger charge is -2.13. The van der Waals surface area contributed by atoms with Crippen LogP contribution in [0, 0.1) is 0 Å². The minimum atomic E-state index is -0.391. The Hall–Kier alpha value is -2.68. The molecule has 166 valence electrons. The van der Waals surface area contributed by atoms with Crippen LogP contribution in [0.2, 0.25) is 10.0 Å². The number of carbonyl (C=O) groups excluding carboxylic acids is 3. The predicted octanol–water partition coefficient (Wildman–Crippen LogP) is 4.51. The fourth-order valence-corrected chi connectivity index (χ4v) is 4.51. The lowest BCUT2D eigenvalue weighted by atomic mass is 10.1. The summed E-state index contributed by atoms with van der Waals surface area (Å²) in [6, 6.07) is 10.6. The molecule has 0 atom stereocenters. The third kappa shape index (κ3) is 5.03. The molecule has 10 heteroatoms. The lowest BCUT2D eigenvalue weighted by Crippen LogP contribution is -2.37. The Morgan fingerprint density at radius 2 is 1.97 bits per heavy atom. The number of fused-ring (bicyclic) bond motifs is 1. The fourth-order valence-electron chi connectivity index (χ4n) is 3.23. The first-order valence-electron chi connectivity index (χ1n) is 9.77. The highest BCUT2D eigenvalue weighted by atomic mass is 35.5. The lowest BCUT2D eigenvalue weighted by molar-refractivity contribution is -0.124. The van der Waals surface area contributed by atoms with E-state index in [1.54, 1.807) is 36.4 Å². The monoisotopic (exact) mass is 492 g/mol. The summed E-state index contributed by atoms with van der Waals surface area (Å²) >= 11 is 13.0. The molecule has 7 nitrogen and oxygen atoms in total. The Kier molecular flexibility index (Phi) is 6.93. The average molecular weight is 493 g/mol. The van der Waals surface area contributed by atoms with Crippen LogP contribution in [0.15, 0.2) is 41.3 Å². The molecule has 2 aromatic carbocycles. The van der Waals surface area contributed by atoms with Gasteiger partial charge in [-0.15, -0.1) is 0 Å². The highest BCUT2D eigenvalue weighted by Crippen LogP contribution is 2.36. The molecule has 0 aliphatic carbocycles. The first kappa shape index (κ1) is 22.5. The molecule has 0 saturated carbocycles. The summed E-state index contributed by atoms with van der Waals surface area (Å²) in [5.74, 6) is 0.643. The van der Waals surface area contributed by atoms with Crippen LogP contribution in [0.5, 0.6) is 11.5 Å². The molecule has 2 heterocycles. The average Bonchev–Trinajstić information content (AvgIpc) is 3.34. The first-order valence-corrected chi connectivity index (χ1v) is 11.3. The van der Waals surface area contributed by atoms with E-state index in [1.807, 2.05) is 6.07 Å². The Balaban J connectivity index is 1.28.